The van der Waals surface area contributed by atoms with Gasteiger partial charge in [-0.2, -0.15) is 0 Å². The summed E-state index contributed by atoms with van der Waals surface area (Å²) in [6, 6.07) is 4.72. The van der Waals surface area contributed by atoms with E-state index >= 15 is 0 Å². The van der Waals surface area contributed by atoms with Crippen molar-refractivity contribution in [2.24, 2.45) is 5.73 Å². The zero-order valence-electron chi connectivity index (χ0n) is 9.71. The quantitative estimate of drug-likeness (QED) is 0.839. The van der Waals surface area contributed by atoms with E-state index in [1.165, 1.54) is 31.0 Å². The average Bonchev–Trinajstić information content (AvgIpc) is 2.80. The molecule has 2 rings (SSSR count). The van der Waals surface area contributed by atoms with E-state index in [0.717, 1.165) is 12.8 Å². The van der Waals surface area contributed by atoms with Crippen molar-refractivity contribution >= 4 is 5.91 Å². The first-order valence-corrected chi connectivity index (χ1v) is 5.98. The molecule has 0 aliphatic heterocycles. The maximum absolute atomic E-state index is 13.5. The van der Waals surface area contributed by atoms with Crippen LogP contribution in [0.4, 0.5) is 4.39 Å². The van der Waals surface area contributed by atoms with Crippen molar-refractivity contribution in [2.45, 2.75) is 38.3 Å². The lowest BCUT2D eigenvalue weighted by Crippen LogP contribution is -2.26. The number of nitrogens with two attached hydrogens (primary N) is 1. The lowest BCUT2D eigenvalue weighted by molar-refractivity contribution is 0.1000. The molecule has 0 spiro atoms. The van der Waals surface area contributed by atoms with Crippen LogP contribution >= 0.6 is 0 Å². The number of rotatable bonds is 4. The molecule has 0 saturated heterocycles. The molecule has 92 valence electrons. The molecular weight excluding hydrogens is 219 g/mol. The minimum Gasteiger partial charge on any atom is -0.366 e. The van der Waals surface area contributed by atoms with E-state index in [0.29, 0.717) is 23.7 Å². The second kappa shape index (κ2) is 5.27. The SMILES string of the molecule is NC(=O)c1ccc(F)c(CNC2CCCC2)c1. The first kappa shape index (κ1) is 12.0. The molecule has 1 saturated carbocycles. The molecule has 1 amide bonds. The third-order valence-corrected chi connectivity index (χ3v) is 3.27. The number of halogens is 1. The van der Waals surface area contributed by atoms with Gasteiger partial charge in [0.2, 0.25) is 5.91 Å². The van der Waals surface area contributed by atoms with Gasteiger partial charge in [0.05, 0.1) is 0 Å². The van der Waals surface area contributed by atoms with E-state index in [1.807, 2.05) is 0 Å². The van der Waals surface area contributed by atoms with Gasteiger partial charge in [0.15, 0.2) is 0 Å². The van der Waals surface area contributed by atoms with Gasteiger partial charge in [0, 0.05) is 23.7 Å². The van der Waals surface area contributed by atoms with Gasteiger partial charge in [-0.15, -0.1) is 0 Å². The molecule has 3 N–H and O–H groups in total. The van der Waals surface area contributed by atoms with Gasteiger partial charge < -0.3 is 11.1 Å². The van der Waals surface area contributed by atoms with Crippen LogP contribution in [0.5, 0.6) is 0 Å². The maximum Gasteiger partial charge on any atom is 0.248 e. The number of amides is 1. The summed E-state index contributed by atoms with van der Waals surface area (Å²) < 4.78 is 13.5. The van der Waals surface area contributed by atoms with Crippen LogP contribution in [0.15, 0.2) is 18.2 Å². The van der Waals surface area contributed by atoms with Gasteiger partial charge in [-0.3, -0.25) is 4.79 Å². The molecule has 0 heterocycles. The minimum atomic E-state index is -0.521. The Morgan fingerprint density at radius 3 is 2.76 bits per heavy atom. The molecule has 17 heavy (non-hydrogen) atoms. The molecule has 0 unspecified atom stereocenters. The molecule has 1 aromatic rings. The van der Waals surface area contributed by atoms with Crippen molar-refractivity contribution in [3.05, 3.63) is 35.1 Å². The first-order chi connectivity index (χ1) is 8.16. The van der Waals surface area contributed by atoms with Crippen molar-refractivity contribution in [1.82, 2.24) is 5.32 Å². The van der Waals surface area contributed by atoms with Gasteiger partial charge >= 0.3 is 0 Å². The minimum absolute atomic E-state index is 0.291. The van der Waals surface area contributed by atoms with Crippen LogP contribution in [0.3, 0.4) is 0 Å². The van der Waals surface area contributed by atoms with E-state index in [-0.39, 0.29) is 5.82 Å². The van der Waals surface area contributed by atoms with Crippen LogP contribution in [0.1, 0.15) is 41.6 Å². The second-order valence-corrected chi connectivity index (χ2v) is 4.53. The topological polar surface area (TPSA) is 55.1 Å². The van der Waals surface area contributed by atoms with Gasteiger partial charge in [0.25, 0.3) is 0 Å². The Morgan fingerprint density at radius 1 is 1.41 bits per heavy atom. The van der Waals surface area contributed by atoms with Crippen molar-refractivity contribution in [2.75, 3.05) is 0 Å². The summed E-state index contributed by atoms with van der Waals surface area (Å²) in [4.78, 5) is 11.0. The van der Waals surface area contributed by atoms with E-state index in [2.05, 4.69) is 5.32 Å². The summed E-state index contributed by atoms with van der Waals surface area (Å²) in [6.07, 6.45) is 4.78. The number of carbonyl (C=O) groups excluding carboxylic acids is 1. The van der Waals surface area contributed by atoms with Crippen molar-refractivity contribution in [1.29, 1.82) is 0 Å². The number of primary amides is 1. The molecule has 1 aliphatic rings. The average molecular weight is 236 g/mol. The van der Waals surface area contributed by atoms with Crippen LogP contribution in [0.25, 0.3) is 0 Å². The molecule has 0 atom stereocenters. The largest absolute Gasteiger partial charge is 0.366 e. The Hall–Kier alpha value is -1.42. The summed E-state index contributed by atoms with van der Waals surface area (Å²) in [5.41, 5.74) is 6.03. The Labute approximate surface area is 100 Å². The van der Waals surface area contributed by atoms with Gasteiger partial charge in [0.1, 0.15) is 5.82 Å². The Morgan fingerprint density at radius 2 is 2.12 bits per heavy atom. The van der Waals surface area contributed by atoms with Gasteiger partial charge in [-0.05, 0) is 31.0 Å². The highest BCUT2D eigenvalue weighted by Crippen LogP contribution is 2.18. The first-order valence-electron chi connectivity index (χ1n) is 5.98. The Balaban J connectivity index is 2.03. The van der Waals surface area contributed by atoms with Gasteiger partial charge in [-0.1, -0.05) is 12.8 Å². The van der Waals surface area contributed by atoms with E-state index in [4.69, 9.17) is 5.73 Å². The molecule has 0 bridgehead atoms. The fourth-order valence-corrected chi connectivity index (χ4v) is 2.25. The highest BCUT2D eigenvalue weighted by molar-refractivity contribution is 5.92. The Kier molecular flexibility index (Phi) is 3.74. The fraction of sp³-hybridized carbons (Fsp3) is 0.462. The van der Waals surface area contributed by atoms with Crippen molar-refractivity contribution < 1.29 is 9.18 Å². The summed E-state index contributed by atoms with van der Waals surface area (Å²) >= 11 is 0. The molecule has 1 aliphatic carbocycles. The van der Waals surface area contributed by atoms with Crippen LogP contribution < -0.4 is 11.1 Å². The van der Waals surface area contributed by atoms with Crippen LogP contribution in [0, 0.1) is 5.82 Å². The monoisotopic (exact) mass is 236 g/mol. The third-order valence-electron chi connectivity index (χ3n) is 3.27. The van der Waals surface area contributed by atoms with E-state index < -0.39 is 5.91 Å². The molecule has 0 radical (unpaired) electrons. The van der Waals surface area contributed by atoms with Crippen LogP contribution in [0.2, 0.25) is 0 Å². The maximum atomic E-state index is 13.5. The second-order valence-electron chi connectivity index (χ2n) is 4.53. The molecule has 1 aromatic carbocycles. The smallest absolute Gasteiger partial charge is 0.248 e. The zero-order valence-corrected chi connectivity index (χ0v) is 9.71. The molecule has 1 fully saturated rings. The third kappa shape index (κ3) is 3.03. The fourth-order valence-electron chi connectivity index (χ4n) is 2.25. The van der Waals surface area contributed by atoms with Crippen LogP contribution in [-0.2, 0) is 6.54 Å². The summed E-state index contributed by atoms with van der Waals surface area (Å²) in [7, 11) is 0. The number of carbonyl (C=O) groups is 1. The Bertz CT molecular complexity index is 414. The summed E-state index contributed by atoms with van der Waals surface area (Å²) in [6.45, 7) is 0.456. The number of hydrogen-bond donors (Lipinski definition) is 2. The van der Waals surface area contributed by atoms with E-state index in [1.54, 1.807) is 0 Å². The molecule has 4 heteroatoms. The highest BCUT2D eigenvalue weighted by Gasteiger charge is 2.15. The van der Waals surface area contributed by atoms with E-state index in [9.17, 15) is 9.18 Å². The number of hydrogen-bond acceptors (Lipinski definition) is 2. The number of nitrogens with one attached hydrogen (secondary N) is 1. The normalized spacial score (nSPS) is 16.3. The highest BCUT2D eigenvalue weighted by atomic mass is 19.1. The molecular formula is C13H17FN2O. The lowest BCUT2D eigenvalue weighted by Gasteiger charge is -2.12. The number of benzene rings is 1. The summed E-state index contributed by atoms with van der Waals surface area (Å²) in [5, 5.41) is 3.31. The standard InChI is InChI=1S/C13H17FN2O/c14-12-6-5-9(13(15)17)7-10(12)8-16-11-3-1-2-4-11/h5-7,11,16H,1-4,8H2,(H2,15,17). The molecule has 0 aromatic heterocycles. The van der Waals surface area contributed by atoms with Crippen LogP contribution in [-0.4, -0.2) is 11.9 Å². The van der Waals surface area contributed by atoms with Crippen molar-refractivity contribution in [3.8, 4) is 0 Å². The van der Waals surface area contributed by atoms with Crippen molar-refractivity contribution in [3.63, 3.8) is 0 Å². The summed E-state index contributed by atoms with van der Waals surface area (Å²) in [5.74, 6) is -0.812. The predicted octanol–water partition coefficient (Wildman–Crippen LogP) is 1.96. The lowest BCUT2D eigenvalue weighted by atomic mass is 10.1. The molecule has 3 nitrogen and oxygen atoms in total. The van der Waals surface area contributed by atoms with Gasteiger partial charge in [-0.25, -0.2) is 4.39 Å². The zero-order chi connectivity index (χ0) is 12.3. The predicted molar refractivity (Wildman–Crippen MR) is 64.0 cm³/mol.